The van der Waals surface area contributed by atoms with Crippen LogP contribution in [0.2, 0.25) is 0 Å². The number of likely N-dealkylation sites (tertiary alicyclic amines) is 1. The molecule has 1 saturated heterocycles. The van der Waals surface area contributed by atoms with Crippen LogP contribution in [0.15, 0.2) is 36.4 Å². The minimum atomic E-state index is -0.857. The van der Waals surface area contributed by atoms with Gasteiger partial charge in [0, 0.05) is 16.8 Å². The molecule has 7 nitrogen and oxygen atoms in total. The summed E-state index contributed by atoms with van der Waals surface area (Å²) < 4.78 is 0. The number of anilines is 1. The van der Waals surface area contributed by atoms with E-state index in [2.05, 4.69) is 10.6 Å². The van der Waals surface area contributed by atoms with E-state index in [1.807, 2.05) is 46.8 Å². The van der Waals surface area contributed by atoms with Gasteiger partial charge in [0.2, 0.25) is 17.7 Å². The van der Waals surface area contributed by atoms with Crippen LogP contribution < -0.4 is 10.6 Å². The highest BCUT2D eigenvalue weighted by Crippen LogP contribution is 2.37. The van der Waals surface area contributed by atoms with E-state index in [-0.39, 0.29) is 46.9 Å². The van der Waals surface area contributed by atoms with Gasteiger partial charge in [-0.2, -0.15) is 0 Å². The molecular weight excluding hydrogens is 406 g/mol. The van der Waals surface area contributed by atoms with Crippen molar-refractivity contribution in [1.29, 1.82) is 0 Å². The first-order chi connectivity index (χ1) is 15.0. The summed E-state index contributed by atoms with van der Waals surface area (Å²) in [6, 6.07) is 5.73. The Morgan fingerprint density at radius 3 is 2.00 bits per heavy atom. The molecule has 0 saturated carbocycles. The number of carbonyl (C=O) groups excluding carboxylic acids is 4. The summed E-state index contributed by atoms with van der Waals surface area (Å²) in [6.07, 6.45) is 5.34. The van der Waals surface area contributed by atoms with E-state index < -0.39 is 6.04 Å². The van der Waals surface area contributed by atoms with E-state index in [1.54, 1.807) is 24.3 Å². The number of benzene rings is 1. The van der Waals surface area contributed by atoms with Gasteiger partial charge >= 0.3 is 0 Å². The lowest BCUT2D eigenvalue weighted by molar-refractivity contribution is -0.147. The fraction of sp³-hybridized carbons (Fsp3) is 0.520. The van der Waals surface area contributed by atoms with Crippen molar-refractivity contribution in [2.75, 3.05) is 5.32 Å². The third kappa shape index (κ3) is 5.26. The SMILES string of the molecule is CC(C)CC(C(=O)Nc1ccc(C(=O)NC(C)(C)C)cc1)N1C(=O)C2CC=CCC2C1=O. The molecule has 1 fully saturated rings. The maximum absolute atomic E-state index is 13.2. The summed E-state index contributed by atoms with van der Waals surface area (Å²) in [5, 5.41) is 5.72. The second-order valence-electron chi connectivity index (χ2n) is 10.1. The zero-order valence-electron chi connectivity index (χ0n) is 19.5. The molecule has 1 aliphatic heterocycles. The number of allylic oxidation sites excluding steroid dienone is 2. The largest absolute Gasteiger partial charge is 0.347 e. The van der Waals surface area contributed by atoms with Gasteiger partial charge in [0.1, 0.15) is 6.04 Å². The Labute approximate surface area is 189 Å². The van der Waals surface area contributed by atoms with Gasteiger partial charge in [-0.15, -0.1) is 0 Å². The molecule has 0 radical (unpaired) electrons. The minimum Gasteiger partial charge on any atom is -0.347 e. The molecule has 1 aromatic carbocycles. The number of fused-ring (bicyclic) bond motifs is 1. The lowest BCUT2D eigenvalue weighted by Gasteiger charge is -2.27. The summed E-state index contributed by atoms with van der Waals surface area (Å²) >= 11 is 0. The second kappa shape index (κ2) is 9.27. The standard InChI is InChI=1S/C25H33N3O4/c1-15(2)14-20(28-23(31)18-8-6-7-9-19(18)24(28)32)22(30)26-17-12-10-16(11-13-17)21(29)27-25(3,4)5/h6-7,10-13,15,18-20H,8-9,14H2,1-5H3,(H,26,30)(H,27,29). The molecule has 3 rings (SSSR count). The second-order valence-corrected chi connectivity index (χ2v) is 10.1. The van der Waals surface area contributed by atoms with Gasteiger partial charge in [-0.1, -0.05) is 26.0 Å². The van der Waals surface area contributed by atoms with Gasteiger partial charge in [0.25, 0.3) is 5.91 Å². The molecular formula is C25H33N3O4. The summed E-state index contributed by atoms with van der Waals surface area (Å²) in [7, 11) is 0. The molecule has 1 heterocycles. The van der Waals surface area contributed by atoms with Crippen LogP contribution in [0.25, 0.3) is 0 Å². The number of hydrogen-bond donors (Lipinski definition) is 2. The Bertz CT molecular complexity index is 902. The highest BCUT2D eigenvalue weighted by Gasteiger charge is 2.51. The van der Waals surface area contributed by atoms with Crippen LogP contribution >= 0.6 is 0 Å². The first-order valence-electron chi connectivity index (χ1n) is 11.2. The van der Waals surface area contributed by atoms with E-state index in [1.165, 1.54) is 4.90 Å². The maximum atomic E-state index is 13.2. The molecule has 0 bridgehead atoms. The third-order valence-corrected chi connectivity index (χ3v) is 5.75. The van der Waals surface area contributed by atoms with Crippen molar-refractivity contribution in [3.05, 3.63) is 42.0 Å². The van der Waals surface area contributed by atoms with Crippen LogP contribution in [-0.2, 0) is 14.4 Å². The predicted molar refractivity (Wildman–Crippen MR) is 123 cm³/mol. The van der Waals surface area contributed by atoms with Crippen LogP contribution in [0.3, 0.4) is 0 Å². The third-order valence-electron chi connectivity index (χ3n) is 5.75. The van der Waals surface area contributed by atoms with Crippen molar-refractivity contribution in [1.82, 2.24) is 10.2 Å². The topological polar surface area (TPSA) is 95.6 Å². The number of amides is 4. The molecule has 172 valence electrons. The minimum absolute atomic E-state index is 0.121. The Balaban J connectivity index is 1.75. The number of hydrogen-bond acceptors (Lipinski definition) is 4. The van der Waals surface area contributed by atoms with Gasteiger partial charge in [-0.05, 0) is 70.2 Å². The number of nitrogens with zero attached hydrogens (tertiary/aromatic N) is 1. The highest BCUT2D eigenvalue weighted by atomic mass is 16.2. The molecule has 0 spiro atoms. The van der Waals surface area contributed by atoms with E-state index in [9.17, 15) is 19.2 Å². The smallest absolute Gasteiger partial charge is 0.251 e. The van der Waals surface area contributed by atoms with Crippen molar-refractivity contribution in [3.8, 4) is 0 Å². The zero-order valence-corrected chi connectivity index (χ0v) is 19.5. The van der Waals surface area contributed by atoms with Crippen LogP contribution in [0.4, 0.5) is 5.69 Å². The van der Waals surface area contributed by atoms with Crippen LogP contribution in [0.1, 0.15) is 64.2 Å². The number of rotatable bonds is 6. The van der Waals surface area contributed by atoms with Gasteiger partial charge in [-0.25, -0.2) is 0 Å². The van der Waals surface area contributed by atoms with Crippen molar-refractivity contribution < 1.29 is 19.2 Å². The highest BCUT2D eigenvalue weighted by molar-refractivity contribution is 6.10. The van der Waals surface area contributed by atoms with Crippen molar-refractivity contribution in [2.45, 2.75) is 65.5 Å². The van der Waals surface area contributed by atoms with E-state index in [0.717, 1.165) is 0 Å². The van der Waals surface area contributed by atoms with Gasteiger partial charge in [-0.3, -0.25) is 24.1 Å². The van der Waals surface area contributed by atoms with E-state index in [4.69, 9.17) is 0 Å². The Morgan fingerprint density at radius 1 is 1.00 bits per heavy atom. The molecule has 1 aromatic rings. The van der Waals surface area contributed by atoms with E-state index >= 15 is 0 Å². The summed E-state index contributed by atoms with van der Waals surface area (Å²) in [5.41, 5.74) is 0.641. The predicted octanol–water partition coefficient (Wildman–Crippen LogP) is 3.52. The monoisotopic (exact) mass is 439 g/mol. The Morgan fingerprint density at radius 2 is 1.53 bits per heavy atom. The molecule has 0 aromatic heterocycles. The van der Waals surface area contributed by atoms with Crippen LogP contribution in [0, 0.1) is 17.8 Å². The van der Waals surface area contributed by atoms with Crippen molar-refractivity contribution in [3.63, 3.8) is 0 Å². The average molecular weight is 440 g/mol. The van der Waals surface area contributed by atoms with Gasteiger partial charge in [0.05, 0.1) is 11.8 Å². The first kappa shape index (κ1) is 23.7. The van der Waals surface area contributed by atoms with E-state index in [0.29, 0.717) is 30.5 Å². The van der Waals surface area contributed by atoms with Crippen LogP contribution in [0.5, 0.6) is 0 Å². The lowest BCUT2D eigenvalue weighted by atomic mass is 9.85. The summed E-state index contributed by atoms with van der Waals surface area (Å²) in [6.45, 7) is 9.63. The molecule has 3 unspecified atom stereocenters. The summed E-state index contributed by atoms with van der Waals surface area (Å²) in [5.74, 6) is -1.70. The fourth-order valence-corrected chi connectivity index (χ4v) is 4.25. The Kier molecular flexibility index (Phi) is 6.86. The van der Waals surface area contributed by atoms with Gasteiger partial charge in [0.15, 0.2) is 0 Å². The lowest BCUT2D eigenvalue weighted by Crippen LogP contribution is -2.48. The number of carbonyl (C=O) groups is 4. The number of nitrogens with one attached hydrogen (secondary N) is 2. The quantitative estimate of drug-likeness (QED) is 0.524. The fourth-order valence-electron chi connectivity index (χ4n) is 4.25. The molecule has 4 amide bonds. The molecule has 7 heteroatoms. The Hall–Kier alpha value is -2.96. The molecule has 32 heavy (non-hydrogen) atoms. The normalized spacial score (nSPS) is 21.5. The van der Waals surface area contributed by atoms with Crippen molar-refractivity contribution >= 4 is 29.3 Å². The van der Waals surface area contributed by atoms with Crippen LogP contribution in [-0.4, -0.2) is 40.1 Å². The van der Waals surface area contributed by atoms with Gasteiger partial charge < -0.3 is 10.6 Å². The molecule has 2 aliphatic rings. The molecule has 1 aliphatic carbocycles. The molecule has 2 N–H and O–H groups in total. The van der Waals surface area contributed by atoms with Crippen molar-refractivity contribution in [2.24, 2.45) is 17.8 Å². The zero-order chi connectivity index (χ0) is 23.6. The summed E-state index contributed by atoms with van der Waals surface area (Å²) in [4.78, 5) is 52.7. The maximum Gasteiger partial charge on any atom is 0.251 e. The first-order valence-corrected chi connectivity index (χ1v) is 11.2. The molecule has 3 atom stereocenters. The average Bonchev–Trinajstić information content (AvgIpc) is 2.96. The number of imide groups is 1.